The van der Waals surface area contributed by atoms with Crippen molar-refractivity contribution in [2.45, 2.75) is 0 Å². The van der Waals surface area contributed by atoms with Gasteiger partial charge in [-0.05, 0) is 61.1 Å². The molecule has 0 unspecified atom stereocenters. The number of thiophene rings is 1. The summed E-state index contributed by atoms with van der Waals surface area (Å²) in [5.74, 6) is 1.92. The lowest BCUT2D eigenvalue weighted by molar-refractivity contribution is 1.08. The summed E-state index contributed by atoms with van der Waals surface area (Å²) in [6.45, 7) is 0. The van der Waals surface area contributed by atoms with Gasteiger partial charge in [0.1, 0.15) is 0 Å². The third kappa shape index (κ3) is 5.22. The molecule has 3 nitrogen and oxygen atoms in total. The zero-order valence-corrected chi connectivity index (χ0v) is 30.5. The second-order valence-electron chi connectivity index (χ2n) is 13.9. The van der Waals surface area contributed by atoms with E-state index < -0.39 is 0 Å². The highest BCUT2D eigenvalue weighted by Crippen LogP contribution is 2.44. The summed E-state index contributed by atoms with van der Waals surface area (Å²) in [6, 6.07) is 66.7. The van der Waals surface area contributed by atoms with Crippen LogP contribution in [0, 0.1) is 0 Å². The summed E-state index contributed by atoms with van der Waals surface area (Å²) >= 11 is 1.84. The monoisotopic (exact) mass is 717 g/mol. The van der Waals surface area contributed by atoms with Gasteiger partial charge in [-0.25, -0.2) is 15.0 Å². The molecule has 0 saturated heterocycles. The van der Waals surface area contributed by atoms with Crippen molar-refractivity contribution >= 4 is 63.8 Å². The van der Waals surface area contributed by atoms with E-state index in [9.17, 15) is 0 Å². The Labute approximate surface area is 321 Å². The molecule has 2 heterocycles. The number of hydrogen-bond acceptors (Lipinski definition) is 4. The van der Waals surface area contributed by atoms with Gasteiger partial charge in [0.2, 0.25) is 0 Å². The first-order valence-corrected chi connectivity index (χ1v) is 19.3. The summed E-state index contributed by atoms with van der Waals surface area (Å²) < 4.78 is 2.53. The molecule has 0 spiro atoms. The van der Waals surface area contributed by atoms with Crippen molar-refractivity contribution < 1.29 is 0 Å². The van der Waals surface area contributed by atoms with Crippen LogP contribution in [0.25, 0.3) is 109 Å². The predicted octanol–water partition coefficient (Wildman–Crippen LogP) is 14.0. The van der Waals surface area contributed by atoms with E-state index in [1.165, 1.54) is 41.9 Å². The van der Waals surface area contributed by atoms with Crippen LogP contribution in [0.1, 0.15) is 0 Å². The summed E-state index contributed by atoms with van der Waals surface area (Å²) in [5, 5.41) is 9.49. The van der Waals surface area contributed by atoms with E-state index in [0.29, 0.717) is 17.5 Å². The number of fused-ring (bicyclic) bond motifs is 7. The van der Waals surface area contributed by atoms with Gasteiger partial charge in [-0.15, -0.1) is 11.3 Å². The number of rotatable bonds is 5. The average Bonchev–Trinajstić information content (AvgIpc) is 3.65. The quantitative estimate of drug-likeness (QED) is 0.131. The molecule has 11 rings (SSSR count). The van der Waals surface area contributed by atoms with Crippen LogP contribution < -0.4 is 0 Å². The maximum atomic E-state index is 5.47. The molecule has 11 aromatic rings. The molecule has 0 radical (unpaired) electrons. The van der Waals surface area contributed by atoms with Gasteiger partial charge < -0.3 is 0 Å². The van der Waals surface area contributed by atoms with E-state index in [-0.39, 0.29) is 0 Å². The van der Waals surface area contributed by atoms with Crippen LogP contribution in [-0.4, -0.2) is 15.0 Å². The Hall–Kier alpha value is -7.01. The molecule has 0 saturated carbocycles. The lowest BCUT2D eigenvalue weighted by Gasteiger charge is -2.16. The van der Waals surface area contributed by atoms with E-state index in [1.807, 2.05) is 11.3 Å². The fourth-order valence-electron chi connectivity index (χ4n) is 8.21. The maximum absolute atomic E-state index is 5.47. The largest absolute Gasteiger partial charge is 0.208 e. The van der Waals surface area contributed by atoms with Gasteiger partial charge in [0.25, 0.3) is 0 Å². The van der Waals surface area contributed by atoms with Crippen molar-refractivity contribution in [3.63, 3.8) is 0 Å². The Balaban J connectivity index is 1.23. The Morgan fingerprint density at radius 2 is 0.873 bits per heavy atom. The van der Waals surface area contributed by atoms with Gasteiger partial charge in [-0.2, -0.15) is 0 Å². The first-order chi connectivity index (χ1) is 27.3. The van der Waals surface area contributed by atoms with E-state index >= 15 is 0 Å². The second kappa shape index (κ2) is 12.8. The third-order valence-electron chi connectivity index (χ3n) is 10.7. The molecule has 0 fully saturated rings. The molecule has 4 heteroatoms. The van der Waals surface area contributed by atoms with E-state index in [2.05, 4.69) is 188 Å². The van der Waals surface area contributed by atoms with Crippen molar-refractivity contribution in [3.05, 3.63) is 188 Å². The minimum absolute atomic E-state index is 0.635. The van der Waals surface area contributed by atoms with Crippen molar-refractivity contribution in [2.75, 3.05) is 0 Å². The molecule has 0 atom stereocenters. The summed E-state index contributed by atoms with van der Waals surface area (Å²) in [7, 11) is 0. The predicted molar refractivity (Wildman–Crippen MR) is 232 cm³/mol. The van der Waals surface area contributed by atoms with Gasteiger partial charge in [0.15, 0.2) is 17.5 Å². The number of hydrogen-bond donors (Lipinski definition) is 0. The van der Waals surface area contributed by atoms with Crippen LogP contribution in [0.4, 0.5) is 0 Å². The highest BCUT2D eigenvalue weighted by molar-refractivity contribution is 7.26. The molecule has 0 amide bonds. The molecular formula is C51H31N3S. The Bertz CT molecular complexity index is 3270. The van der Waals surface area contributed by atoms with Crippen molar-refractivity contribution in [2.24, 2.45) is 0 Å². The molecule has 0 bridgehead atoms. The molecule has 0 aliphatic rings. The topological polar surface area (TPSA) is 38.7 Å². The number of benzene rings is 9. The minimum Gasteiger partial charge on any atom is -0.208 e. The van der Waals surface area contributed by atoms with Crippen LogP contribution in [0.2, 0.25) is 0 Å². The van der Waals surface area contributed by atoms with E-state index in [1.54, 1.807) is 0 Å². The van der Waals surface area contributed by atoms with Crippen LogP contribution in [0.5, 0.6) is 0 Å². The lowest BCUT2D eigenvalue weighted by Crippen LogP contribution is -2.03. The van der Waals surface area contributed by atoms with Gasteiger partial charge in [-0.1, -0.05) is 176 Å². The first kappa shape index (κ1) is 31.5. The molecule has 0 aliphatic carbocycles. The van der Waals surface area contributed by atoms with Crippen LogP contribution >= 0.6 is 11.3 Å². The normalized spacial score (nSPS) is 11.6. The lowest BCUT2D eigenvalue weighted by atomic mass is 9.92. The third-order valence-corrected chi connectivity index (χ3v) is 12.0. The standard InChI is InChI=1S/C51H31N3S/c1-2-15-32(16-3-1)35-19-8-10-24-43(35)49-52-50(44-25-11-9-22-38(44)41-26-14-27-42-39-23-12-13-28-46(39)55-48(41)42)54-51(53-49)47-37-21-7-5-18-34(37)31-45-36-20-6-4-17-33(36)29-30-40(45)47/h1-31H. The Kier molecular flexibility index (Phi) is 7.35. The van der Waals surface area contributed by atoms with Crippen LogP contribution in [0.3, 0.4) is 0 Å². The average molecular weight is 718 g/mol. The molecule has 2 aromatic heterocycles. The van der Waals surface area contributed by atoms with Gasteiger partial charge >= 0.3 is 0 Å². The van der Waals surface area contributed by atoms with Gasteiger partial charge in [-0.3, -0.25) is 0 Å². The van der Waals surface area contributed by atoms with Crippen molar-refractivity contribution in [3.8, 4) is 56.4 Å². The summed E-state index contributed by atoms with van der Waals surface area (Å²) in [4.78, 5) is 16.3. The molecule has 0 aliphatic heterocycles. The Morgan fingerprint density at radius 3 is 1.67 bits per heavy atom. The minimum atomic E-state index is 0.635. The van der Waals surface area contributed by atoms with Crippen molar-refractivity contribution in [1.82, 2.24) is 15.0 Å². The fourth-order valence-corrected chi connectivity index (χ4v) is 9.44. The zero-order chi connectivity index (χ0) is 36.3. The number of aromatic nitrogens is 3. The zero-order valence-electron chi connectivity index (χ0n) is 29.6. The van der Waals surface area contributed by atoms with Crippen LogP contribution in [0.15, 0.2) is 188 Å². The second-order valence-corrected chi connectivity index (χ2v) is 15.0. The summed E-state index contributed by atoms with van der Waals surface area (Å²) in [6.07, 6.45) is 0. The fraction of sp³-hybridized carbons (Fsp3) is 0. The maximum Gasteiger partial charge on any atom is 0.165 e. The van der Waals surface area contributed by atoms with E-state index in [4.69, 9.17) is 15.0 Å². The summed E-state index contributed by atoms with van der Waals surface area (Å²) in [5.41, 5.74) is 7.37. The molecule has 55 heavy (non-hydrogen) atoms. The van der Waals surface area contributed by atoms with Gasteiger partial charge in [0.05, 0.1) is 0 Å². The smallest absolute Gasteiger partial charge is 0.165 e. The van der Waals surface area contributed by atoms with Gasteiger partial charge in [0, 0.05) is 42.4 Å². The Morgan fingerprint density at radius 1 is 0.309 bits per heavy atom. The molecular weight excluding hydrogens is 687 g/mol. The first-order valence-electron chi connectivity index (χ1n) is 18.5. The van der Waals surface area contributed by atoms with E-state index in [0.717, 1.165) is 49.5 Å². The molecule has 9 aromatic carbocycles. The molecule has 0 N–H and O–H groups in total. The number of nitrogens with zero attached hydrogens (tertiary/aromatic N) is 3. The molecule has 256 valence electrons. The van der Waals surface area contributed by atoms with Crippen LogP contribution in [-0.2, 0) is 0 Å². The SMILES string of the molecule is c1ccc(-c2ccccc2-c2nc(-c3ccccc3-c3cccc4c3sc3ccccc34)nc(-c3c4ccccc4cc4c3ccc3ccccc34)n2)cc1. The highest BCUT2D eigenvalue weighted by Gasteiger charge is 2.22. The van der Waals surface area contributed by atoms with Crippen molar-refractivity contribution in [1.29, 1.82) is 0 Å². The highest BCUT2D eigenvalue weighted by atomic mass is 32.1.